The van der Waals surface area contributed by atoms with Crippen molar-refractivity contribution in [2.45, 2.75) is 12.7 Å². The van der Waals surface area contributed by atoms with Crippen LogP contribution in [0.1, 0.15) is 23.0 Å². The molecule has 0 fully saturated rings. The molecule has 0 saturated carbocycles. The molecule has 2 heteroatoms. The molecule has 0 unspecified atom stereocenters. The van der Waals surface area contributed by atoms with E-state index in [0.29, 0.717) is 5.56 Å². The number of hydrogen-bond donors (Lipinski definition) is 2. The largest absolute Gasteiger partial charge is 0.364 e. The molecular formula is C8H8O2. The van der Waals surface area contributed by atoms with Gasteiger partial charge in [-0.1, -0.05) is 18.2 Å². The molecule has 2 rings (SSSR count). The Balaban J connectivity index is 2.39. The fraction of sp³-hybridized carbons (Fsp3) is 0.250. The van der Waals surface area contributed by atoms with Crippen LogP contribution in [0.4, 0.5) is 0 Å². The molecule has 0 amide bonds. The Labute approximate surface area is 58.7 Å². The molecule has 10 heavy (non-hydrogen) atoms. The van der Waals surface area contributed by atoms with Crippen molar-refractivity contribution in [3.8, 4) is 0 Å². The molecule has 52 valence electrons. The van der Waals surface area contributed by atoms with Crippen molar-refractivity contribution in [2.75, 3.05) is 0 Å². The van der Waals surface area contributed by atoms with Crippen LogP contribution in [-0.2, 0) is 6.42 Å². The summed E-state index contributed by atoms with van der Waals surface area (Å²) in [5, 5.41) is 17.5. The van der Waals surface area contributed by atoms with E-state index in [2.05, 4.69) is 0 Å². The maximum Gasteiger partial charge on any atom is 0.178 e. The zero-order chi connectivity index (χ0) is 7.14. The van der Waals surface area contributed by atoms with Crippen molar-refractivity contribution in [1.82, 2.24) is 0 Å². The van der Waals surface area contributed by atoms with Gasteiger partial charge in [0, 0.05) is 5.56 Å². The third kappa shape index (κ3) is 0.818. The van der Waals surface area contributed by atoms with Gasteiger partial charge in [-0.25, -0.2) is 0 Å². The van der Waals surface area contributed by atoms with E-state index < -0.39 is 6.29 Å². The highest BCUT2D eigenvalue weighted by atomic mass is 16.5. The fourth-order valence-corrected chi connectivity index (χ4v) is 1.08. The summed E-state index contributed by atoms with van der Waals surface area (Å²) < 4.78 is 0. The van der Waals surface area contributed by atoms with E-state index in [1.54, 1.807) is 6.07 Å². The van der Waals surface area contributed by atoms with Gasteiger partial charge in [0.05, 0.1) is 0 Å². The average molecular weight is 136 g/mol. The van der Waals surface area contributed by atoms with Crippen LogP contribution in [0.5, 0.6) is 0 Å². The highest BCUT2D eigenvalue weighted by Crippen LogP contribution is 2.29. The molecule has 2 nitrogen and oxygen atoms in total. The molecule has 0 heterocycles. The van der Waals surface area contributed by atoms with E-state index >= 15 is 0 Å². The summed E-state index contributed by atoms with van der Waals surface area (Å²) in [6, 6.07) is 5.51. The molecule has 0 radical (unpaired) electrons. The van der Waals surface area contributed by atoms with Gasteiger partial charge in [0.15, 0.2) is 6.29 Å². The second kappa shape index (κ2) is 1.81. The normalized spacial score (nSPS) is 13.5. The first-order chi connectivity index (χ1) is 4.77. The summed E-state index contributed by atoms with van der Waals surface area (Å²) in [6.07, 6.45) is -0.293. The van der Waals surface area contributed by atoms with Gasteiger partial charge in [-0.05, 0) is 17.5 Å². The Morgan fingerprint density at radius 3 is 2.60 bits per heavy atom. The van der Waals surface area contributed by atoms with Crippen LogP contribution < -0.4 is 0 Å². The molecule has 0 spiro atoms. The first kappa shape index (κ1) is 5.89. The lowest BCUT2D eigenvalue weighted by atomic mass is 10.2. The van der Waals surface area contributed by atoms with Gasteiger partial charge in [0.1, 0.15) is 0 Å². The SMILES string of the molecule is OC(O)c1ccc2c(c1)C2. The summed E-state index contributed by atoms with van der Waals surface area (Å²) in [5.41, 5.74) is 3.16. The van der Waals surface area contributed by atoms with Gasteiger partial charge in [0.2, 0.25) is 0 Å². The number of rotatable bonds is 1. The van der Waals surface area contributed by atoms with Gasteiger partial charge in [0.25, 0.3) is 0 Å². The van der Waals surface area contributed by atoms with E-state index in [4.69, 9.17) is 10.2 Å². The number of fused-ring (bicyclic) bond motifs is 1. The molecule has 0 aliphatic heterocycles. The molecular weight excluding hydrogens is 128 g/mol. The zero-order valence-electron chi connectivity index (χ0n) is 5.41. The molecule has 1 aromatic rings. The monoisotopic (exact) mass is 136 g/mol. The number of benzene rings is 1. The Bertz CT molecular complexity index is 266. The van der Waals surface area contributed by atoms with E-state index in [9.17, 15) is 0 Å². The Morgan fingerprint density at radius 2 is 2.00 bits per heavy atom. The van der Waals surface area contributed by atoms with Crippen molar-refractivity contribution in [3.05, 3.63) is 34.9 Å². The van der Waals surface area contributed by atoms with Crippen LogP contribution >= 0.6 is 0 Å². The van der Waals surface area contributed by atoms with E-state index in [0.717, 1.165) is 6.42 Å². The molecule has 0 atom stereocenters. The number of aliphatic hydroxyl groups excluding tert-OH is 1. The van der Waals surface area contributed by atoms with E-state index in [1.165, 1.54) is 11.1 Å². The molecule has 0 saturated heterocycles. The minimum atomic E-state index is -1.31. The Hall–Kier alpha value is -0.860. The van der Waals surface area contributed by atoms with Crippen LogP contribution in [-0.4, -0.2) is 10.2 Å². The lowest BCUT2D eigenvalue weighted by Gasteiger charge is -1.99. The zero-order valence-corrected chi connectivity index (χ0v) is 5.41. The molecule has 2 N–H and O–H groups in total. The molecule has 1 aromatic carbocycles. The minimum absolute atomic E-state index is 0.594. The minimum Gasteiger partial charge on any atom is -0.364 e. The van der Waals surface area contributed by atoms with Gasteiger partial charge >= 0.3 is 0 Å². The predicted molar refractivity (Wildman–Crippen MR) is 36.4 cm³/mol. The van der Waals surface area contributed by atoms with E-state index in [1.807, 2.05) is 12.1 Å². The maximum absolute atomic E-state index is 8.73. The van der Waals surface area contributed by atoms with Crippen LogP contribution in [0.25, 0.3) is 0 Å². The third-order valence-electron chi connectivity index (χ3n) is 1.78. The molecule has 0 bridgehead atoms. The lowest BCUT2D eigenvalue weighted by molar-refractivity contribution is -0.0424. The van der Waals surface area contributed by atoms with Gasteiger partial charge in [-0.2, -0.15) is 0 Å². The quantitative estimate of drug-likeness (QED) is 0.563. The lowest BCUT2D eigenvalue weighted by Crippen LogP contribution is -1.92. The summed E-state index contributed by atoms with van der Waals surface area (Å²) in [5.74, 6) is 0. The van der Waals surface area contributed by atoms with E-state index in [-0.39, 0.29) is 0 Å². The standard InChI is InChI=1S/C8H8O2/c9-8(10)6-2-1-5-3-7(5)4-6/h1-2,4,8-10H,3H2. The third-order valence-corrected chi connectivity index (χ3v) is 1.78. The first-order valence-corrected chi connectivity index (χ1v) is 3.25. The predicted octanol–water partition coefficient (Wildman–Crippen LogP) is 0.574. The van der Waals surface area contributed by atoms with Gasteiger partial charge in [-0.3, -0.25) is 0 Å². The Morgan fingerprint density at radius 1 is 1.20 bits per heavy atom. The van der Waals surface area contributed by atoms with Crippen LogP contribution in [0.3, 0.4) is 0 Å². The summed E-state index contributed by atoms with van der Waals surface area (Å²) in [7, 11) is 0. The van der Waals surface area contributed by atoms with Crippen molar-refractivity contribution >= 4 is 0 Å². The smallest absolute Gasteiger partial charge is 0.178 e. The average Bonchev–Trinajstić information content (AvgIpc) is 2.63. The fourth-order valence-electron chi connectivity index (χ4n) is 1.08. The molecule has 0 aromatic heterocycles. The summed E-state index contributed by atoms with van der Waals surface area (Å²) >= 11 is 0. The van der Waals surface area contributed by atoms with Crippen molar-refractivity contribution in [1.29, 1.82) is 0 Å². The van der Waals surface area contributed by atoms with Gasteiger partial charge in [-0.15, -0.1) is 0 Å². The van der Waals surface area contributed by atoms with Crippen molar-refractivity contribution < 1.29 is 10.2 Å². The van der Waals surface area contributed by atoms with Crippen LogP contribution in [0, 0.1) is 0 Å². The summed E-state index contributed by atoms with van der Waals surface area (Å²) in [6.45, 7) is 0. The molecule has 1 aliphatic carbocycles. The maximum atomic E-state index is 8.73. The van der Waals surface area contributed by atoms with Gasteiger partial charge < -0.3 is 10.2 Å². The first-order valence-electron chi connectivity index (χ1n) is 3.25. The van der Waals surface area contributed by atoms with Crippen molar-refractivity contribution in [3.63, 3.8) is 0 Å². The highest BCUT2D eigenvalue weighted by Gasteiger charge is 2.17. The van der Waals surface area contributed by atoms with Crippen LogP contribution in [0.2, 0.25) is 0 Å². The highest BCUT2D eigenvalue weighted by molar-refractivity contribution is 5.47. The number of aliphatic hydroxyl groups is 2. The summed E-state index contributed by atoms with van der Waals surface area (Å²) in [4.78, 5) is 0. The molecule has 1 aliphatic rings. The topological polar surface area (TPSA) is 40.5 Å². The van der Waals surface area contributed by atoms with Crippen molar-refractivity contribution in [2.24, 2.45) is 0 Å². The Kier molecular flexibility index (Phi) is 1.07. The number of hydrogen-bond acceptors (Lipinski definition) is 2. The second-order valence-corrected chi connectivity index (χ2v) is 2.58. The second-order valence-electron chi connectivity index (χ2n) is 2.58. The van der Waals surface area contributed by atoms with Crippen LogP contribution in [0.15, 0.2) is 18.2 Å².